The van der Waals surface area contributed by atoms with Crippen LogP contribution in [0.5, 0.6) is 17.2 Å². The van der Waals surface area contributed by atoms with Gasteiger partial charge in [-0.1, -0.05) is 30.3 Å². The molecule has 0 radical (unpaired) electrons. The fourth-order valence-corrected chi connectivity index (χ4v) is 2.68. The van der Waals surface area contributed by atoms with E-state index >= 15 is 0 Å². The van der Waals surface area contributed by atoms with Crippen LogP contribution in [0.15, 0.2) is 42.5 Å². The number of carbonyl (C=O) groups is 1. The molecular weight excluding hydrogens is 318 g/mol. The van der Waals surface area contributed by atoms with Crippen molar-refractivity contribution in [1.82, 2.24) is 5.32 Å². The highest BCUT2D eigenvalue weighted by atomic mass is 16.5. The van der Waals surface area contributed by atoms with Crippen molar-refractivity contribution in [2.75, 3.05) is 21.3 Å². The van der Waals surface area contributed by atoms with Gasteiger partial charge in [0, 0.05) is 6.42 Å². The Morgan fingerprint density at radius 3 is 2.12 bits per heavy atom. The van der Waals surface area contributed by atoms with Crippen LogP contribution in [0.2, 0.25) is 0 Å². The van der Waals surface area contributed by atoms with Crippen LogP contribution in [-0.4, -0.2) is 27.2 Å². The van der Waals surface area contributed by atoms with Gasteiger partial charge in [-0.2, -0.15) is 0 Å². The number of hydrogen-bond acceptors (Lipinski definition) is 4. The molecule has 0 aliphatic heterocycles. The summed E-state index contributed by atoms with van der Waals surface area (Å²) in [6.45, 7) is 1.98. The highest BCUT2D eigenvalue weighted by molar-refractivity contribution is 5.76. The summed E-state index contributed by atoms with van der Waals surface area (Å²) in [6.07, 6.45) is 0.972. The standard InChI is InChI=1S/C20H25NO4/c1-14(16-8-6-5-7-9-16)21-19(22)11-10-15-12-17(23-2)20(25-4)18(13-15)24-3/h5-9,12-14H,10-11H2,1-4H3,(H,21,22). The minimum Gasteiger partial charge on any atom is -0.493 e. The molecule has 0 aliphatic rings. The van der Waals surface area contributed by atoms with Gasteiger partial charge in [0.05, 0.1) is 27.4 Å². The highest BCUT2D eigenvalue weighted by Gasteiger charge is 2.14. The quantitative estimate of drug-likeness (QED) is 0.797. The average Bonchev–Trinajstić information content (AvgIpc) is 2.65. The van der Waals surface area contributed by atoms with Gasteiger partial charge in [0.15, 0.2) is 11.5 Å². The van der Waals surface area contributed by atoms with Crippen molar-refractivity contribution in [3.63, 3.8) is 0 Å². The first-order valence-corrected chi connectivity index (χ1v) is 8.22. The fourth-order valence-electron chi connectivity index (χ4n) is 2.68. The lowest BCUT2D eigenvalue weighted by molar-refractivity contribution is -0.121. The Morgan fingerprint density at radius 1 is 1.00 bits per heavy atom. The van der Waals surface area contributed by atoms with Gasteiger partial charge in [0.1, 0.15) is 0 Å². The van der Waals surface area contributed by atoms with Crippen LogP contribution in [0.3, 0.4) is 0 Å². The first kappa shape index (κ1) is 18.6. The molecule has 0 aliphatic carbocycles. The molecule has 0 spiro atoms. The molecule has 1 amide bonds. The van der Waals surface area contributed by atoms with Crippen molar-refractivity contribution in [3.05, 3.63) is 53.6 Å². The van der Waals surface area contributed by atoms with E-state index in [0.29, 0.717) is 30.1 Å². The van der Waals surface area contributed by atoms with Crippen LogP contribution in [0.1, 0.15) is 30.5 Å². The Balaban J connectivity index is 1.99. The summed E-state index contributed by atoms with van der Waals surface area (Å²) >= 11 is 0. The van der Waals surface area contributed by atoms with Crippen molar-refractivity contribution in [2.24, 2.45) is 0 Å². The van der Waals surface area contributed by atoms with Gasteiger partial charge in [-0.3, -0.25) is 4.79 Å². The first-order chi connectivity index (χ1) is 12.1. The maximum absolute atomic E-state index is 12.2. The van der Waals surface area contributed by atoms with Gasteiger partial charge >= 0.3 is 0 Å². The van der Waals surface area contributed by atoms with E-state index in [-0.39, 0.29) is 11.9 Å². The zero-order chi connectivity index (χ0) is 18.2. The fraction of sp³-hybridized carbons (Fsp3) is 0.350. The molecule has 2 aromatic carbocycles. The Hall–Kier alpha value is -2.69. The number of hydrogen-bond donors (Lipinski definition) is 1. The van der Waals surface area contributed by atoms with Gasteiger partial charge in [-0.15, -0.1) is 0 Å². The molecule has 0 aromatic heterocycles. The molecule has 0 heterocycles. The van der Waals surface area contributed by atoms with Crippen LogP contribution in [0.4, 0.5) is 0 Å². The van der Waals surface area contributed by atoms with Crippen molar-refractivity contribution in [3.8, 4) is 17.2 Å². The van der Waals surface area contributed by atoms with Gasteiger partial charge in [0.25, 0.3) is 0 Å². The molecule has 2 rings (SSSR count). The van der Waals surface area contributed by atoms with Crippen molar-refractivity contribution < 1.29 is 19.0 Å². The summed E-state index contributed by atoms with van der Waals surface area (Å²) < 4.78 is 16.0. The molecule has 0 fully saturated rings. The molecule has 1 N–H and O–H groups in total. The van der Waals surface area contributed by atoms with Crippen LogP contribution in [0, 0.1) is 0 Å². The Labute approximate surface area is 148 Å². The van der Waals surface area contributed by atoms with Crippen molar-refractivity contribution in [2.45, 2.75) is 25.8 Å². The Kier molecular flexibility index (Phi) is 6.69. The summed E-state index contributed by atoms with van der Waals surface area (Å²) in [5, 5.41) is 3.02. The summed E-state index contributed by atoms with van der Waals surface area (Å²) in [6, 6.07) is 13.6. The highest BCUT2D eigenvalue weighted by Crippen LogP contribution is 2.38. The van der Waals surface area contributed by atoms with E-state index in [1.165, 1.54) is 0 Å². The second-order valence-corrected chi connectivity index (χ2v) is 5.73. The third-order valence-electron chi connectivity index (χ3n) is 4.04. The lowest BCUT2D eigenvalue weighted by Crippen LogP contribution is -2.26. The summed E-state index contributed by atoms with van der Waals surface area (Å²) in [4.78, 5) is 12.2. The van der Waals surface area contributed by atoms with E-state index < -0.39 is 0 Å². The van der Waals surface area contributed by atoms with E-state index in [0.717, 1.165) is 11.1 Å². The molecule has 25 heavy (non-hydrogen) atoms. The lowest BCUT2D eigenvalue weighted by atomic mass is 10.1. The van der Waals surface area contributed by atoms with E-state index in [2.05, 4.69) is 5.32 Å². The van der Waals surface area contributed by atoms with Crippen molar-refractivity contribution >= 4 is 5.91 Å². The van der Waals surface area contributed by atoms with Crippen LogP contribution in [-0.2, 0) is 11.2 Å². The molecule has 0 bridgehead atoms. The average molecular weight is 343 g/mol. The molecule has 134 valence electrons. The second kappa shape index (κ2) is 8.97. The van der Waals surface area contributed by atoms with E-state index in [1.54, 1.807) is 21.3 Å². The largest absolute Gasteiger partial charge is 0.493 e. The topological polar surface area (TPSA) is 56.8 Å². The molecule has 1 unspecified atom stereocenters. The molecule has 5 heteroatoms. The molecule has 1 atom stereocenters. The SMILES string of the molecule is COc1cc(CCC(=O)NC(C)c2ccccc2)cc(OC)c1OC. The number of ether oxygens (including phenoxy) is 3. The minimum atomic E-state index is -0.0198. The monoisotopic (exact) mass is 343 g/mol. The van der Waals surface area contributed by atoms with Crippen LogP contribution in [0.25, 0.3) is 0 Å². The van der Waals surface area contributed by atoms with E-state index in [9.17, 15) is 4.79 Å². The van der Waals surface area contributed by atoms with Crippen LogP contribution < -0.4 is 19.5 Å². The Morgan fingerprint density at radius 2 is 1.60 bits per heavy atom. The summed E-state index contributed by atoms with van der Waals surface area (Å²) in [5.41, 5.74) is 2.04. The van der Waals surface area contributed by atoms with E-state index in [4.69, 9.17) is 14.2 Å². The zero-order valence-corrected chi connectivity index (χ0v) is 15.2. The maximum Gasteiger partial charge on any atom is 0.220 e. The Bertz CT molecular complexity index is 675. The van der Waals surface area contributed by atoms with Gasteiger partial charge < -0.3 is 19.5 Å². The predicted octanol–water partition coefficient (Wildman–Crippen LogP) is 3.52. The smallest absolute Gasteiger partial charge is 0.220 e. The number of aryl methyl sites for hydroxylation is 1. The first-order valence-electron chi connectivity index (χ1n) is 8.22. The number of benzene rings is 2. The van der Waals surface area contributed by atoms with Crippen LogP contribution >= 0.6 is 0 Å². The summed E-state index contributed by atoms with van der Waals surface area (Å²) in [7, 11) is 4.73. The molecule has 5 nitrogen and oxygen atoms in total. The number of carbonyl (C=O) groups excluding carboxylic acids is 1. The second-order valence-electron chi connectivity index (χ2n) is 5.73. The predicted molar refractivity (Wildman–Crippen MR) is 97.4 cm³/mol. The van der Waals surface area contributed by atoms with Gasteiger partial charge in [-0.05, 0) is 36.6 Å². The maximum atomic E-state index is 12.2. The zero-order valence-electron chi connectivity index (χ0n) is 15.2. The van der Waals surface area contributed by atoms with E-state index in [1.807, 2.05) is 49.4 Å². The normalized spacial score (nSPS) is 11.5. The summed E-state index contributed by atoms with van der Waals surface area (Å²) in [5.74, 6) is 1.74. The number of rotatable bonds is 8. The van der Waals surface area contributed by atoms with Crippen molar-refractivity contribution in [1.29, 1.82) is 0 Å². The van der Waals surface area contributed by atoms with Gasteiger partial charge in [-0.25, -0.2) is 0 Å². The number of methoxy groups -OCH3 is 3. The molecular formula is C20H25NO4. The molecule has 0 saturated carbocycles. The minimum absolute atomic E-state index is 0.00473. The van der Waals surface area contributed by atoms with Gasteiger partial charge in [0.2, 0.25) is 11.7 Å². The number of amides is 1. The third kappa shape index (κ3) is 4.89. The molecule has 2 aromatic rings. The third-order valence-corrected chi connectivity index (χ3v) is 4.04. The lowest BCUT2D eigenvalue weighted by Gasteiger charge is -2.15. The molecule has 0 saturated heterocycles. The number of nitrogens with one attached hydrogen (secondary N) is 1.